The van der Waals surface area contributed by atoms with Crippen LogP contribution in [-0.4, -0.2) is 5.91 Å². The highest BCUT2D eigenvalue weighted by Gasteiger charge is 2.07. The first-order valence-corrected chi connectivity index (χ1v) is 6.46. The van der Waals surface area contributed by atoms with Crippen molar-refractivity contribution >= 4 is 23.0 Å². The van der Waals surface area contributed by atoms with Crippen LogP contribution in [0.25, 0.3) is 0 Å². The molecule has 0 aliphatic rings. The van der Waals surface area contributed by atoms with E-state index >= 15 is 0 Å². The zero-order valence-corrected chi connectivity index (χ0v) is 11.7. The molecule has 0 atom stereocenters. The van der Waals surface area contributed by atoms with Gasteiger partial charge in [0.2, 0.25) is 0 Å². The largest absolute Gasteiger partial charge is 0.354 e. The number of anilines is 3. The third-order valence-electron chi connectivity index (χ3n) is 2.89. The zero-order chi connectivity index (χ0) is 14.5. The van der Waals surface area contributed by atoms with Gasteiger partial charge in [0.1, 0.15) is 0 Å². The maximum atomic E-state index is 11.7. The number of aryl methyl sites for hydroxylation is 1. The van der Waals surface area contributed by atoms with Gasteiger partial charge in [-0.15, -0.1) is 0 Å². The fourth-order valence-corrected chi connectivity index (χ4v) is 1.72. The van der Waals surface area contributed by atoms with E-state index in [1.165, 1.54) is 5.56 Å². The van der Waals surface area contributed by atoms with Crippen LogP contribution >= 0.6 is 0 Å². The van der Waals surface area contributed by atoms with Crippen molar-refractivity contribution in [2.45, 2.75) is 13.8 Å². The Morgan fingerprint density at radius 1 is 1.00 bits per heavy atom. The summed E-state index contributed by atoms with van der Waals surface area (Å²) < 4.78 is 0. The van der Waals surface area contributed by atoms with E-state index in [0.717, 1.165) is 17.1 Å². The van der Waals surface area contributed by atoms with Crippen molar-refractivity contribution in [1.82, 2.24) is 0 Å². The van der Waals surface area contributed by atoms with Gasteiger partial charge in [0.25, 0.3) is 5.91 Å². The molecule has 20 heavy (non-hydrogen) atoms. The number of amides is 1. The van der Waals surface area contributed by atoms with Crippen LogP contribution in [0.2, 0.25) is 0 Å². The number of hydrogen-bond donors (Lipinski definition) is 2. The van der Waals surface area contributed by atoms with Crippen LogP contribution in [0.1, 0.15) is 12.5 Å². The van der Waals surface area contributed by atoms with Gasteiger partial charge < -0.3 is 10.6 Å². The van der Waals surface area contributed by atoms with Gasteiger partial charge in [-0.2, -0.15) is 0 Å². The highest BCUT2D eigenvalue weighted by Crippen LogP contribution is 2.25. The molecule has 2 aromatic carbocycles. The minimum atomic E-state index is -0.178. The second-order valence-electron chi connectivity index (χ2n) is 4.77. The molecule has 0 unspecified atom stereocenters. The number of nitrogens with one attached hydrogen (secondary N) is 2. The Hall–Kier alpha value is -2.55. The molecule has 0 fully saturated rings. The first-order valence-electron chi connectivity index (χ1n) is 6.46. The van der Waals surface area contributed by atoms with Crippen molar-refractivity contribution in [2.24, 2.45) is 0 Å². The van der Waals surface area contributed by atoms with Gasteiger partial charge in [0.05, 0.1) is 11.4 Å². The molecule has 3 heteroatoms. The van der Waals surface area contributed by atoms with Crippen molar-refractivity contribution in [2.75, 3.05) is 10.6 Å². The third-order valence-corrected chi connectivity index (χ3v) is 2.89. The number of rotatable bonds is 4. The number of carbonyl (C=O) groups is 1. The molecule has 0 aliphatic heterocycles. The maximum Gasteiger partial charge on any atom is 0.250 e. The number of hydrogen-bond acceptors (Lipinski definition) is 2. The lowest BCUT2D eigenvalue weighted by molar-refractivity contribution is -0.112. The van der Waals surface area contributed by atoms with Gasteiger partial charge in [-0.05, 0) is 38.1 Å². The number of para-hydroxylation sites is 2. The highest BCUT2D eigenvalue weighted by atomic mass is 16.1. The lowest BCUT2D eigenvalue weighted by Crippen LogP contribution is -2.13. The van der Waals surface area contributed by atoms with Crippen LogP contribution in [0, 0.1) is 6.92 Å². The Kier molecular flexibility index (Phi) is 4.20. The molecule has 2 aromatic rings. The Morgan fingerprint density at radius 3 is 2.20 bits per heavy atom. The fourth-order valence-electron chi connectivity index (χ4n) is 1.72. The Labute approximate surface area is 119 Å². The van der Waals surface area contributed by atoms with Crippen LogP contribution in [0.4, 0.5) is 17.1 Å². The van der Waals surface area contributed by atoms with Gasteiger partial charge in [-0.25, -0.2) is 0 Å². The van der Waals surface area contributed by atoms with E-state index in [4.69, 9.17) is 0 Å². The molecular formula is C17H18N2O. The highest BCUT2D eigenvalue weighted by molar-refractivity contribution is 6.04. The van der Waals surface area contributed by atoms with E-state index in [0.29, 0.717) is 5.57 Å². The molecule has 2 N–H and O–H groups in total. The lowest BCUT2D eigenvalue weighted by atomic mass is 10.2. The van der Waals surface area contributed by atoms with Crippen LogP contribution in [0.15, 0.2) is 60.7 Å². The summed E-state index contributed by atoms with van der Waals surface area (Å²) in [4.78, 5) is 11.7. The molecule has 0 radical (unpaired) electrons. The van der Waals surface area contributed by atoms with Gasteiger partial charge in [0, 0.05) is 11.3 Å². The predicted octanol–water partition coefficient (Wildman–Crippen LogP) is 4.25. The summed E-state index contributed by atoms with van der Waals surface area (Å²) in [7, 11) is 0. The van der Waals surface area contributed by atoms with Crippen molar-refractivity contribution < 1.29 is 4.79 Å². The van der Waals surface area contributed by atoms with Gasteiger partial charge in [-0.3, -0.25) is 4.79 Å². The average Bonchev–Trinajstić information content (AvgIpc) is 2.43. The topological polar surface area (TPSA) is 41.1 Å². The van der Waals surface area contributed by atoms with Gasteiger partial charge in [0.15, 0.2) is 0 Å². The molecule has 0 aliphatic carbocycles. The van der Waals surface area contributed by atoms with E-state index in [9.17, 15) is 4.79 Å². The normalized spacial score (nSPS) is 9.90. The lowest BCUT2D eigenvalue weighted by Gasteiger charge is -2.13. The molecule has 0 bridgehead atoms. The second-order valence-corrected chi connectivity index (χ2v) is 4.77. The van der Waals surface area contributed by atoms with Gasteiger partial charge in [-0.1, -0.05) is 36.4 Å². The van der Waals surface area contributed by atoms with Crippen LogP contribution < -0.4 is 10.6 Å². The van der Waals surface area contributed by atoms with Crippen molar-refractivity contribution in [3.63, 3.8) is 0 Å². The quantitative estimate of drug-likeness (QED) is 0.812. The smallest absolute Gasteiger partial charge is 0.250 e. The molecular weight excluding hydrogens is 248 g/mol. The summed E-state index contributed by atoms with van der Waals surface area (Å²) in [5.74, 6) is -0.178. The molecule has 2 rings (SSSR count). The summed E-state index contributed by atoms with van der Waals surface area (Å²) in [6, 6.07) is 15.7. The van der Waals surface area contributed by atoms with E-state index < -0.39 is 0 Å². The summed E-state index contributed by atoms with van der Waals surface area (Å²) in [6.45, 7) is 7.37. The third kappa shape index (κ3) is 3.48. The summed E-state index contributed by atoms with van der Waals surface area (Å²) >= 11 is 0. The van der Waals surface area contributed by atoms with E-state index in [2.05, 4.69) is 17.2 Å². The molecule has 102 valence electrons. The summed E-state index contributed by atoms with van der Waals surface area (Å²) in [5.41, 5.74) is 4.26. The molecule has 0 saturated carbocycles. The monoisotopic (exact) mass is 266 g/mol. The van der Waals surface area contributed by atoms with Crippen molar-refractivity contribution in [3.05, 3.63) is 66.2 Å². The zero-order valence-electron chi connectivity index (χ0n) is 11.7. The Morgan fingerprint density at radius 2 is 1.60 bits per heavy atom. The molecule has 0 spiro atoms. The van der Waals surface area contributed by atoms with E-state index in [1.807, 2.05) is 55.5 Å². The van der Waals surface area contributed by atoms with E-state index in [1.54, 1.807) is 6.92 Å². The number of benzene rings is 2. The summed E-state index contributed by atoms with van der Waals surface area (Å²) in [5, 5.41) is 6.14. The van der Waals surface area contributed by atoms with E-state index in [-0.39, 0.29) is 5.91 Å². The standard InChI is InChI=1S/C17H18N2O/c1-12(2)17(20)19-16-7-5-4-6-15(16)18-14-10-8-13(3)9-11-14/h4-11,18H,1H2,2-3H3,(H,19,20). The van der Waals surface area contributed by atoms with Crippen molar-refractivity contribution in [3.8, 4) is 0 Å². The Bertz CT molecular complexity index is 630. The van der Waals surface area contributed by atoms with Crippen LogP contribution in [-0.2, 0) is 4.79 Å². The minimum Gasteiger partial charge on any atom is -0.354 e. The van der Waals surface area contributed by atoms with Crippen LogP contribution in [0.3, 0.4) is 0 Å². The fraction of sp³-hybridized carbons (Fsp3) is 0.118. The Balaban J connectivity index is 2.21. The SMILES string of the molecule is C=C(C)C(=O)Nc1ccccc1Nc1ccc(C)cc1. The molecule has 3 nitrogen and oxygen atoms in total. The average molecular weight is 266 g/mol. The molecule has 0 aromatic heterocycles. The first-order chi connectivity index (χ1) is 9.56. The maximum absolute atomic E-state index is 11.7. The van der Waals surface area contributed by atoms with Crippen LogP contribution in [0.5, 0.6) is 0 Å². The van der Waals surface area contributed by atoms with Crippen molar-refractivity contribution in [1.29, 1.82) is 0 Å². The molecule has 1 amide bonds. The minimum absolute atomic E-state index is 0.178. The number of carbonyl (C=O) groups excluding carboxylic acids is 1. The predicted molar refractivity (Wildman–Crippen MR) is 84.3 cm³/mol. The molecule has 0 saturated heterocycles. The second kappa shape index (κ2) is 6.06. The van der Waals surface area contributed by atoms with Gasteiger partial charge >= 0.3 is 0 Å². The first kappa shape index (κ1) is 13.9. The summed E-state index contributed by atoms with van der Waals surface area (Å²) in [6.07, 6.45) is 0. The molecule has 0 heterocycles.